The summed E-state index contributed by atoms with van der Waals surface area (Å²) in [5, 5.41) is 3.04. The number of aryl methyl sites for hydroxylation is 3. The molecule has 0 aliphatic heterocycles. The molecule has 4 heteroatoms. The predicted molar refractivity (Wildman–Crippen MR) is 85.3 cm³/mol. The molecule has 3 N–H and O–H groups in total. The van der Waals surface area contributed by atoms with Crippen LogP contribution in [0.4, 0.5) is 5.69 Å². The summed E-state index contributed by atoms with van der Waals surface area (Å²) in [7, 11) is 0. The van der Waals surface area contributed by atoms with Crippen molar-refractivity contribution >= 4 is 22.9 Å². The van der Waals surface area contributed by atoms with Gasteiger partial charge in [0.25, 0.3) is 5.91 Å². The third-order valence-electron chi connectivity index (χ3n) is 3.43. The molecule has 0 bridgehead atoms. The second-order valence-corrected chi connectivity index (χ2v) is 6.56. The number of thiophene rings is 1. The summed E-state index contributed by atoms with van der Waals surface area (Å²) < 4.78 is 0. The average Bonchev–Trinajstić information content (AvgIpc) is 2.68. The molecule has 1 atom stereocenters. The Morgan fingerprint density at radius 1 is 1.30 bits per heavy atom. The third-order valence-corrected chi connectivity index (χ3v) is 4.41. The van der Waals surface area contributed by atoms with Gasteiger partial charge in [-0.15, -0.1) is 11.3 Å². The van der Waals surface area contributed by atoms with Gasteiger partial charge in [-0.3, -0.25) is 4.79 Å². The summed E-state index contributed by atoms with van der Waals surface area (Å²) in [6, 6.07) is 7.62. The van der Waals surface area contributed by atoms with Gasteiger partial charge >= 0.3 is 0 Å². The van der Waals surface area contributed by atoms with Gasteiger partial charge in [0.15, 0.2) is 0 Å². The Morgan fingerprint density at radius 3 is 2.55 bits per heavy atom. The summed E-state index contributed by atoms with van der Waals surface area (Å²) >= 11 is 1.75. The minimum absolute atomic E-state index is 0.0218. The summed E-state index contributed by atoms with van der Waals surface area (Å²) in [6.45, 7) is 8.06. The minimum atomic E-state index is -0.114. The second kappa shape index (κ2) is 5.67. The molecule has 0 fully saturated rings. The van der Waals surface area contributed by atoms with Gasteiger partial charge in [0.2, 0.25) is 0 Å². The SMILES string of the molecule is Cc1cc(C(C)NC(=O)c2c(C)cccc2N)c(C)s1. The number of anilines is 1. The lowest BCUT2D eigenvalue weighted by molar-refractivity contribution is 0.0940. The molecule has 1 unspecified atom stereocenters. The predicted octanol–water partition coefficient (Wildman–Crippen LogP) is 3.75. The summed E-state index contributed by atoms with van der Waals surface area (Å²) in [6.07, 6.45) is 0. The molecular formula is C16H20N2OS. The van der Waals surface area contributed by atoms with Gasteiger partial charge in [0.05, 0.1) is 11.6 Å². The Kier molecular flexibility index (Phi) is 4.14. The molecule has 106 valence electrons. The van der Waals surface area contributed by atoms with Crippen LogP contribution in [0, 0.1) is 20.8 Å². The van der Waals surface area contributed by atoms with Crippen molar-refractivity contribution < 1.29 is 4.79 Å². The highest BCUT2D eigenvalue weighted by molar-refractivity contribution is 7.12. The zero-order valence-corrected chi connectivity index (χ0v) is 13.1. The van der Waals surface area contributed by atoms with Crippen molar-refractivity contribution in [3.8, 4) is 0 Å². The molecule has 1 amide bonds. The van der Waals surface area contributed by atoms with Crippen LogP contribution in [-0.4, -0.2) is 5.91 Å². The van der Waals surface area contributed by atoms with E-state index in [0.717, 1.165) is 5.56 Å². The Bertz CT molecular complexity index is 626. The van der Waals surface area contributed by atoms with Crippen LogP contribution in [0.25, 0.3) is 0 Å². The number of nitrogen functional groups attached to an aromatic ring is 1. The largest absolute Gasteiger partial charge is 0.398 e. The molecule has 3 nitrogen and oxygen atoms in total. The Labute approximate surface area is 123 Å². The number of hydrogen-bond donors (Lipinski definition) is 2. The van der Waals surface area contributed by atoms with E-state index in [4.69, 9.17) is 5.73 Å². The van der Waals surface area contributed by atoms with E-state index >= 15 is 0 Å². The number of rotatable bonds is 3. The number of carbonyl (C=O) groups is 1. The lowest BCUT2D eigenvalue weighted by Gasteiger charge is -2.16. The molecule has 2 rings (SSSR count). The third kappa shape index (κ3) is 2.85. The molecule has 2 aromatic rings. The first-order valence-electron chi connectivity index (χ1n) is 6.63. The highest BCUT2D eigenvalue weighted by atomic mass is 32.1. The van der Waals surface area contributed by atoms with E-state index in [1.165, 1.54) is 15.3 Å². The maximum absolute atomic E-state index is 12.4. The smallest absolute Gasteiger partial charge is 0.254 e. The van der Waals surface area contributed by atoms with Crippen molar-refractivity contribution in [3.05, 3.63) is 50.7 Å². The van der Waals surface area contributed by atoms with Crippen LogP contribution < -0.4 is 11.1 Å². The molecular weight excluding hydrogens is 268 g/mol. The highest BCUT2D eigenvalue weighted by Crippen LogP contribution is 2.27. The van der Waals surface area contributed by atoms with Gasteiger partial charge in [-0.2, -0.15) is 0 Å². The molecule has 0 radical (unpaired) electrons. The number of carbonyl (C=O) groups excluding carboxylic acids is 1. The van der Waals surface area contributed by atoms with Crippen molar-refractivity contribution in [1.82, 2.24) is 5.32 Å². The van der Waals surface area contributed by atoms with Gasteiger partial charge in [-0.1, -0.05) is 12.1 Å². The zero-order chi connectivity index (χ0) is 14.9. The van der Waals surface area contributed by atoms with Gasteiger partial charge < -0.3 is 11.1 Å². The first-order valence-corrected chi connectivity index (χ1v) is 7.44. The standard InChI is InChI=1S/C16H20N2OS/c1-9-6-5-7-14(17)15(9)16(19)18-11(3)13-8-10(2)20-12(13)4/h5-8,11H,17H2,1-4H3,(H,18,19). The van der Waals surface area contributed by atoms with Crippen molar-refractivity contribution in [1.29, 1.82) is 0 Å². The number of hydrogen-bond acceptors (Lipinski definition) is 3. The van der Waals surface area contributed by atoms with Crippen molar-refractivity contribution in [3.63, 3.8) is 0 Å². The number of amides is 1. The van der Waals surface area contributed by atoms with Crippen LogP contribution >= 0.6 is 11.3 Å². The fourth-order valence-corrected chi connectivity index (χ4v) is 3.45. The molecule has 1 aromatic heterocycles. The first-order chi connectivity index (χ1) is 9.40. The maximum Gasteiger partial charge on any atom is 0.254 e. The van der Waals surface area contributed by atoms with E-state index in [2.05, 4.69) is 25.2 Å². The summed E-state index contributed by atoms with van der Waals surface area (Å²) in [5.74, 6) is -0.114. The van der Waals surface area contributed by atoms with Gasteiger partial charge in [0.1, 0.15) is 0 Å². The first kappa shape index (κ1) is 14.6. The Balaban J connectivity index is 2.22. The van der Waals surface area contributed by atoms with E-state index in [9.17, 15) is 4.79 Å². The van der Waals surface area contributed by atoms with E-state index in [0.29, 0.717) is 11.3 Å². The number of nitrogens with two attached hydrogens (primary N) is 1. The van der Waals surface area contributed by atoms with Gasteiger partial charge in [0, 0.05) is 15.4 Å². The molecule has 0 saturated carbocycles. The van der Waals surface area contributed by atoms with Crippen LogP contribution in [0.1, 0.15) is 44.2 Å². The summed E-state index contributed by atoms with van der Waals surface area (Å²) in [4.78, 5) is 14.9. The Hall–Kier alpha value is -1.81. The van der Waals surface area contributed by atoms with Crippen molar-refractivity contribution in [2.75, 3.05) is 5.73 Å². The molecule has 0 spiro atoms. The molecule has 0 aliphatic rings. The van der Waals surface area contributed by atoms with Crippen LogP contribution in [-0.2, 0) is 0 Å². The van der Waals surface area contributed by atoms with Gasteiger partial charge in [-0.25, -0.2) is 0 Å². The van der Waals surface area contributed by atoms with Crippen LogP contribution in [0.2, 0.25) is 0 Å². The van der Waals surface area contributed by atoms with Crippen molar-refractivity contribution in [2.24, 2.45) is 0 Å². The molecule has 1 aromatic carbocycles. The highest BCUT2D eigenvalue weighted by Gasteiger charge is 2.17. The summed E-state index contributed by atoms with van der Waals surface area (Å²) in [5.41, 5.74) is 9.08. The van der Waals surface area contributed by atoms with E-state index < -0.39 is 0 Å². The maximum atomic E-state index is 12.4. The van der Waals surface area contributed by atoms with Crippen LogP contribution in [0.5, 0.6) is 0 Å². The topological polar surface area (TPSA) is 55.1 Å². The fourth-order valence-electron chi connectivity index (χ4n) is 2.43. The molecule has 0 saturated heterocycles. The fraction of sp³-hybridized carbons (Fsp3) is 0.312. The van der Waals surface area contributed by atoms with E-state index in [1.54, 1.807) is 17.4 Å². The lowest BCUT2D eigenvalue weighted by atomic mass is 10.0. The van der Waals surface area contributed by atoms with Crippen LogP contribution in [0.3, 0.4) is 0 Å². The van der Waals surface area contributed by atoms with Crippen molar-refractivity contribution in [2.45, 2.75) is 33.7 Å². The Morgan fingerprint density at radius 2 is 2.00 bits per heavy atom. The minimum Gasteiger partial charge on any atom is -0.398 e. The van der Waals surface area contributed by atoms with Crippen LogP contribution in [0.15, 0.2) is 24.3 Å². The molecule has 1 heterocycles. The molecule has 0 aliphatic carbocycles. The monoisotopic (exact) mass is 288 g/mol. The quantitative estimate of drug-likeness (QED) is 0.845. The second-order valence-electron chi connectivity index (χ2n) is 5.10. The number of nitrogens with one attached hydrogen (secondary N) is 1. The normalized spacial score (nSPS) is 12.2. The zero-order valence-electron chi connectivity index (χ0n) is 12.3. The lowest BCUT2D eigenvalue weighted by Crippen LogP contribution is -2.28. The van der Waals surface area contributed by atoms with Gasteiger partial charge in [-0.05, 0) is 51.0 Å². The number of benzene rings is 1. The van der Waals surface area contributed by atoms with E-state index in [-0.39, 0.29) is 11.9 Å². The van der Waals surface area contributed by atoms with E-state index in [1.807, 2.05) is 26.0 Å². The molecule has 20 heavy (non-hydrogen) atoms. The average molecular weight is 288 g/mol.